The van der Waals surface area contributed by atoms with Crippen molar-refractivity contribution in [3.8, 4) is 5.88 Å². The number of pyridine rings is 1. The fourth-order valence-corrected chi connectivity index (χ4v) is 4.65. The van der Waals surface area contributed by atoms with Crippen molar-refractivity contribution in [3.63, 3.8) is 0 Å². The van der Waals surface area contributed by atoms with Gasteiger partial charge in [0.05, 0.1) is 5.41 Å². The molecule has 1 N–H and O–H groups in total. The molecular formula is C27H36N2O5. The first-order chi connectivity index (χ1) is 16.0. The largest absolute Gasteiger partial charge is 0.481 e. The molecule has 0 aliphatic carbocycles. The van der Waals surface area contributed by atoms with E-state index in [0.29, 0.717) is 31.9 Å². The molecule has 0 radical (unpaired) electrons. The number of likely N-dealkylation sites (tertiary alicyclic amines) is 1. The lowest BCUT2D eigenvalue weighted by Crippen LogP contribution is -2.54. The summed E-state index contributed by atoms with van der Waals surface area (Å²) in [5.74, 6) is -0.713. The standard InChI is InChI=1S/C27H36N2O5/c1-7-27(24(30)31)17-29(25(32)34-26(4,5)6)14-13-22(27)21-15-23(28-19(3)18(21)2)33-16-20-11-9-8-10-12-20/h8-12,15,22H,7,13-14,16-17H2,1-6H3,(H,30,31)/t22-,27-/m0/s1. The van der Waals surface area contributed by atoms with E-state index in [0.717, 1.165) is 22.4 Å². The number of hydrogen-bond donors (Lipinski definition) is 1. The Kier molecular flexibility index (Phi) is 7.54. The summed E-state index contributed by atoms with van der Waals surface area (Å²) in [4.78, 5) is 31.6. The molecule has 0 unspecified atom stereocenters. The Morgan fingerprint density at radius 2 is 1.88 bits per heavy atom. The summed E-state index contributed by atoms with van der Waals surface area (Å²) in [6, 6.07) is 11.7. The Morgan fingerprint density at radius 1 is 1.21 bits per heavy atom. The average molecular weight is 469 g/mol. The van der Waals surface area contributed by atoms with Gasteiger partial charge < -0.3 is 19.5 Å². The van der Waals surface area contributed by atoms with Gasteiger partial charge in [0.25, 0.3) is 0 Å². The van der Waals surface area contributed by atoms with Crippen LogP contribution in [-0.4, -0.2) is 45.7 Å². The van der Waals surface area contributed by atoms with Crippen LogP contribution in [-0.2, 0) is 16.1 Å². The molecule has 2 atom stereocenters. The first kappa shape index (κ1) is 25.5. The van der Waals surface area contributed by atoms with Gasteiger partial charge in [0.2, 0.25) is 5.88 Å². The highest BCUT2D eigenvalue weighted by atomic mass is 16.6. The molecule has 1 amide bonds. The number of amides is 1. The predicted molar refractivity (Wildman–Crippen MR) is 130 cm³/mol. The van der Waals surface area contributed by atoms with Gasteiger partial charge in [-0.1, -0.05) is 37.3 Å². The molecule has 184 valence electrons. The molecule has 3 rings (SSSR count). The van der Waals surface area contributed by atoms with E-state index in [4.69, 9.17) is 9.47 Å². The highest BCUT2D eigenvalue weighted by Gasteiger charge is 2.51. The van der Waals surface area contributed by atoms with Crippen LogP contribution in [0.1, 0.15) is 68.8 Å². The van der Waals surface area contributed by atoms with Gasteiger partial charge in [0, 0.05) is 30.8 Å². The lowest BCUT2D eigenvalue weighted by Gasteiger charge is -2.46. The maximum Gasteiger partial charge on any atom is 0.410 e. The normalized spacial score (nSPS) is 20.6. The maximum absolute atomic E-state index is 12.8. The van der Waals surface area contributed by atoms with Crippen molar-refractivity contribution < 1.29 is 24.2 Å². The summed E-state index contributed by atoms with van der Waals surface area (Å²) in [6.07, 6.45) is 0.425. The number of piperidine rings is 1. The second-order valence-electron chi connectivity index (χ2n) is 10.1. The molecule has 1 aliphatic rings. The molecule has 0 bridgehead atoms. The van der Waals surface area contributed by atoms with Gasteiger partial charge in [-0.2, -0.15) is 0 Å². The fraction of sp³-hybridized carbons (Fsp3) is 0.519. The molecule has 7 heteroatoms. The summed E-state index contributed by atoms with van der Waals surface area (Å²) in [5, 5.41) is 10.4. The van der Waals surface area contributed by atoms with E-state index in [9.17, 15) is 14.7 Å². The highest BCUT2D eigenvalue weighted by molar-refractivity contribution is 5.79. The Labute approximate surface area is 202 Å². The Hall–Kier alpha value is -3.09. The van der Waals surface area contributed by atoms with Crippen LogP contribution in [0.15, 0.2) is 36.4 Å². The zero-order valence-corrected chi connectivity index (χ0v) is 21.1. The van der Waals surface area contributed by atoms with Gasteiger partial charge >= 0.3 is 12.1 Å². The van der Waals surface area contributed by atoms with Crippen molar-refractivity contribution in [2.75, 3.05) is 13.1 Å². The van der Waals surface area contributed by atoms with E-state index in [2.05, 4.69) is 4.98 Å². The Balaban J connectivity index is 1.93. The number of benzene rings is 1. The van der Waals surface area contributed by atoms with Crippen LogP contribution >= 0.6 is 0 Å². The number of aryl methyl sites for hydroxylation is 1. The molecule has 2 aromatic rings. The molecular weight excluding hydrogens is 432 g/mol. The molecule has 1 aromatic carbocycles. The van der Waals surface area contributed by atoms with E-state index in [1.54, 1.807) is 0 Å². The van der Waals surface area contributed by atoms with Crippen LogP contribution in [0, 0.1) is 19.3 Å². The minimum Gasteiger partial charge on any atom is -0.481 e. The third-order valence-corrected chi connectivity index (χ3v) is 6.67. The highest BCUT2D eigenvalue weighted by Crippen LogP contribution is 2.47. The van der Waals surface area contributed by atoms with Crippen LogP contribution in [0.2, 0.25) is 0 Å². The van der Waals surface area contributed by atoms with Gasteiger partial charge in [-0.25, -0.2) is 9.78 Å². The minimum absolute atomic E-state index is 0.0967. The van der Waals surface area contributed by atoms with Gasteiger partial charge in [-0.05, 0) is 64.2 Å². The molecule has 1 aromatic heterocycles. The summed E-state index contributed by atoms with van der Waals surface area (Å²) in [6.45, 7) is 12.1. The average Bonchev–Trinajstić information content (AvgIpc) is 2.78. The first-order valence-electron chi connectivity index (χ1n) is 11.8. The molecule has 1 aliphatic heterocycles. The number of nitrogens with zero attached hydrogens (tertiary/aromatic N) is 2. The first-order valence-corrected chi connectivity index (χ1v) is 11.8. The number of rotatable bonds is 6. The van der Waals surface area contributed by atoms with Gasteiger partial charge in [-0.15, -0.1) is 0 Å². The SMILES string of the molecule is CC[C@]1(C(=O)O)CN(C(=O)OC(C)(C)C)CC[C@H]1c1cc(OCc2ccccc2)nc(C)c1C. The number of carbonyl (C=O) groups excluding carboxylic acids is 1. The van der Waals surface area contributed by atoms with Crippen molar-refractivity contribution in [3.05, 3.63) is 58.8 Å². The van der Waals surface area contributed by atoms with E-state index >= 15 is 0 Å². The third-order valence-electron chi connectivity index (χ3n) is 6.67. The summed E-state index contributed by atoms with van der Waals surface area (Å²) >= 11 is 0. The van der Waals surface area contributed by atoms with Crippen molar-refractivity contribution >= 4 is 12.1 Å². The van der Waals surface area contributed by atoms with Crippen LogP contribution in [0.5, 0.6) is 5.88 Å². The van der Waals surface area contributed by atoms with Crippen LogP contribution in [0.3, 0.4) is 0 Å². The number of carbonyl (C=O) groups is 2. The van der Waals surface area contributed by atoms with Crippen molar-refractivity contribution in [2.45, 2.75) is 72.5 Å². The maximum atomic E-state index is 12.8. The quantitative estimate of drug-likeness (QED) is 0.604. The van der Waals surface area contributed by atoms with Gasteiger partial charge in [0.15, 0.2) is 0 Å². The minimum atomic E-state index is -1.13. The van der Waals surface area contributed by atoms with E-state index in [-0.39, 0.29) is 12.5 Å². The fourth-order valence-electron chi connectivity index (χ4n) is 4.65. The van der Waals surface area contributed by atoms with Gasteiger partial charge in [0.1, 0.15) is 12.2 Å². The van der Waals surface area contributed by atoms with E-state index in [1.165, 1.54) is 4.90 Å². The molecule has 34 heavy (non-hydrogen) atoms. The molecule has 1 saturated heterocycles. The second-order valence-corrected chi connectivity index (χ2v) is 10.1. The smallest absolute Gasteiger partial charge is 0.410 e. The summed E-state index contributed by atoms with van der Waals surface area (Å²) in [7, 11) is 0. The number of carboxylic acids is 1. The van der Waals surface area contributed by atoms with Crippen LogP contribution in [0.25, 0.3) is 0 Å². The monoisotopic (exact) mass is 468 g/mol. The molecule has 2 heterocycles. The number of aliphatic carboxylic acids is 1. The Morgan fingerprint density at radius 3 is 2.47 bits per heavy atom. The zero-order chi connectivity index (χ0) is 25.1. The summed E-state index contributed by atoms with van der Waals surface area (Å²) < 4.78 is 11.5. The van der Waals surface area contributed by atoms with E-state index in [1.807, 2.05) is 77.9 Å². The number of carboxylic acid groups (broad SMARTS) is 1. The third kappa shape index (κ3) is 5.51. The van der Waals surface area contributed by atoms with Crippen LogP contribution in [0.4, 0.5) is 4.79 Å². The van der Waals surface area contributed by atoms with Crippen LogP contribution < -0.4 is 4.74 Å². The predicted octanol–water partition coefficient (Wildman–Crippen LogP) is 5.48. The lowest BCUT2D eigenvalue weighted by molar-refractivity contribution is -0.154. The molecule has 0 spiro atoms. The topological polar surface area (TPSA) is 89.0 Å². The number of ether oxygens (including phenoxy) is 2. The van der Waals surface area contributed by atoms with Crippen molar-refractivity contribution in [1.29, 1.82) is 0 Å². The Bertz CT molecular complexity index is 1030. The van der Waals surface area contributed by atoms with Crippen molar-refractivity contribution in [1.82, 2.24) is 9.88 Å². The molecule has 0 saturated carbocycles. The van der Waals surface area contributed by atoms with E-state index < -0.39 is 23.1 Å². The zero-order valence-electron chi connectivity index (χ0n) is 21.1. The number of aromatic nitrogens is 1. The second kappa shape index (κ2) is 10.0. The number of hydrogen-bond acceptors (Lipinski definition) is 5. The lowest BCUT2D eigenvalue weighted by atomic mass is 9.65. The van der Waals surface area contributed by atoms with Crippen molar-refractivity contribution in [2.24, 2.45) is 5.41 Å². The van der Waals surface area contributed by atoms with Gasteiger partial charge in [-0.3, -0.25) is 4.79 Å². The molecule has 7 nitrogen and oxygen atoms in total. The molecule has 1 fully saturated rings. The summed E-state index contributed by atoms with van der Waals surface area (Å²) in [5.41, 5.74) is 1.94.